The van der Waals surface area contributed by atoms with E-state index < -0.39 is 0 Å². The van der Waals surface area contributed by atoms with Crippen LogP contribution in [0.25, 0.3) is 0 Å². The van der Waals surface area contributed by atoms with Crippen LogP contribution in [-0.4, -0.2) is 23.6 Å². The van der Waals surface area contributed by atoms with Crippen LogP contribution in [0.3, 0.4) is 0 Å². The van der Waals surface area contributed by atoms with Gasteiger partial charge >= 0.3 is 0 Å². The Morgan fingerprint density at radius 3 is 2.62 bits per heavy atom. The summed E-state index contributed by atoms with van der Waals surface area (Å²) in [4.78, 5) is 0. The van der Waals surface area contributed by atoms with E-state index in [0.29, 0.717) is 4.75 Å². The Balaban J connectivity index is 2.36. The van der Waals surface area contributed by atoms with Crippen molar-refractivity contribution in [1.29, 1.82) is 5.26 Å². The topological polar surface area (TPSA) is 35.8 Å². The molecular weight excluding hydrogens is 180 g/mol. The molecule has 0 aromatic rings. The van der Waals surface area contributed by atoms with Crippen LogP contribution in [0.4, 0.5) is 0 Å². The zero-order chi connectivity index (χ0) is 9.73. The summed E-state index contributed by atoms with van der Waals surface area (Å²) in [6.07, 6.45) is 7.50. The summed E-state index contributed by atoms with van der Waals surface area (Å²) >= 11 is 1.96. The Hall–Kier alpha value is -0.200. The third-order valence-electron chi connectivity index (χ3n) is 2.87. The average Bonchev–Trinajstić information content (AvgIpc) is 2.63. The molecule has 1 aliphatic carbocycles. The second-order valence-corrected chi connectivity index (χ2v) is 5.10. The molecule has 74 valence electrons. The second kappa shape index (κ2) is 4.88. The average molecular weight is 198 g/mol. The molecule has 0 saturated heterocycles. The zero-order valence-electron chi connectivity index (χ0n) is 8.47. The van der Waals surface area contributed by atoms with Crippen LogP contribution in [-0.2, 0) is 0 Å². The number of nitriles is 1. The largest absolute Gasteiger partial charge is 0.301 e. The molecular formula is C10H18N2S. The first-order valence-electron chi connectivity index (χ1n) is 4.90. The van der Waals surface area contributed by atoms with E-state index in [2.05, 4.69) is 17.6 Å². The maximum atomic E-state index is 8.65. The number of hydrogen-bond acceptors (Lipinski definition) is 3. The summed E-state index contributed by atoms with van der Waals surface area (Å²) in [6.45, 7) is 2.91. The highest BCUT2D eigenvalue weighted by molar-refractivity contribution is 8.00. The minimum Gasteiger partial charge on any atom is -0.301 e. The van der Waals surface area contributed by atoms with Gasteiger partial charge in [-0.3, -0.25) is 0 Å². The lowest BCUT2D eigenvalue weighted by Gasteiger charge is -2.27. The van der Waals surface area contributed by atoms with Crippen LogP contribution in [0.15, 0.2) is 0 Å². The summed E-state index contributed by atoms with van der Waals surface area (Å²) in [5, 5.41) is 11.9. The van der Waals surface area contributed by atoms with Gasteiger partial charge < -0.3 is 5.32 Å². The molecule has 0 aromatic carbocycles. The van der Waals surface area contributed by atoms with E-state index in [-0.39, 0.29) is 6.04 Å². The Morgan fingerprint density at radius 1 is 1.54 bits per heavy atom. The van der Waals surface area contributed by atoms with E-state index in [1.165, 1.54) is 25.7 Å². The minimum absolute atomic E-state index is 0.00961. The molecule has 13 heavy (non-hydrogen) atoms. The van der Waals surface area contributed by atoms with E-state index in [0.717, 1.165) is 6.54 Å². The van der Waals surface area contributed by atoms with Crippen molar-refractivity contribution in [2.75, 3.05) is 12.8 Å². The van der Waals surface area contributed by atoms with Crippen LogP contribution in [0.1, 0.15) is 32.6 Å². The van der Waals surface area contributed by atoms with E-state index >= 15 is 0 Å². The van der Waals surface area contributed by atoms with Crippen molar-refractivity contribution < 1.29 is 0 Å². The molecule has 0 radical (unpaired) electrons. The zero-order valence-corrected chi connectivity index (χ0v) is 9.28. The molecule has 0 spiro atoms. The summed E-state index contributed by atoms with van der Waals surface area (Å²) in [6, 6.07) is 2.20. The predicted octanol–water partition coefficient (Wildman–Crippen LogP) is 2.16. The molecule has 0 aliphatic heterocycles. The van der Waals surface area contributed by atoms with Gasteiger partial charge in [0, 0.05) is 11.3 Å². The SMILES string of the molecule is CSC1(CNC(C)C#N)CCCC1. The van der Waals surface area contributed by atoms with Gasteiger partial charge in [0.2, 0.25) is 0 Å². The van der Waals surface area contributed by atoms with Gasteiger partial charge in [-0.1, -0.05) is 12.8 Å². The molecule has 0 bridgehead atoms. The number of nitrogens with one attached hydrogen (secondary N) is 1. The molecule has 1 aliphatic rings. The Kier molecular flexibility index (Phi) is 4.08. The van der Waals surface area contributed by atoms with Crippen LogP contribution < -0.4 is 5.32 Å². The second-order valence-electron chi connectivity index (χ2n) is 3.83. The molecule has 1 N–H and O–H groups in total. The van der Waals surface area contributed by atoms with Gasteiger partial charge in [-0.2, -0.15) is 17.0 Å². The molecule has 1 unspecified atom stereocenters. The molecule has 3 heteroatoms. The summed E-state index contributed by atoms with van der Waals surface area (Å²) in [7, 11) is 0. The highest BCUT2D eigenvalue weighted by Crippen LogP contribution is 2.39. The first-order valence-corrected chi connectivity index (χ1v) is 6.13. The summed E-state index contributed by atoms with van der Waals surface area (Å²) in [5.41, 5.74) is 0. The van der Waals surface area contributed by atoms with Gasteiger partial charge in [0.05, 0.1) is 12.1 Å². The van der Waals surface area contributed by atoms with Crippen molar-refractivity contribution in [3.8, 4) is 6.07 Å². The van der Waals surface area contributed by atoms with Crippen molar-refractivity contribution in [2.45, 2.75) is 43.4 Å². The fraction of sp³-hybridized carbons (Fsp3) is 0.900. The molecule has 1 rings (SSSR count). The molecule has 1 atom stereocenters. The minimum atomic E-state index is -0.00961. The van der Waals surface area contributed by atoms with Crippen LogP contribution in [0.2, 0.25) is 0 Å². The first-order chi connectivity index (χ1) is 6.22. The van der Waals surface area contributed by atoms with Crippen molar-refractivity contribution in [2.24, 2.45) is 0 Å². The lowest BCUT2D eigenvalue weighted by molar-refractivity contribution is 0.517. The van der Waals surface area contributed by atoms with Gasteiger partial charge in [0.15, 0.2) is 0 Å². The normalized spacial score (nSPS) is 22.5. The van der Waals surface area contributed by atoms with E-state index in [1.807, 2.05) is 18.7 Å². The van der Waals surface area contributed by atoms with Crippen molar-refractivity contribution in [3.63, 3.8) is 0 Å². The van der Waals surface area contributed by atoms with Crippen LogP contribution >= 0.6 is 11.8 Å². The molecule has 0 heterocycles. The molecule has 0 amide bonds. The van der Waals surface area contributed by atoms with Crippen molar-refractivity contribution in [1.82, 2.24) is 5.32 Å². The monoisotopic (exact) mass is 198 g/mol. The number of hydrogen-bond donors (Lipinski definition) is 1. The Labute approximate surface area is 85.1 Å². The van der Waals surface area contributed by atoms with Crippen molar-refractivity contribution in [3.05, 3.63) is 0 Å². The smallest absolute Gasteiger partial charge is 0.0924 e. The number of nitrogens with zero attached hydrogens (tertiary/aromatic N) is 1. The quantitative estimate of drug-likeness (QED) is 0.752. The molecule has 1 saturated carbocycles. The summed E-state index contributed by atoms with van der Waals surface area (Å²) in [5.74, 6) is 0. The highest BCUT2D eigenvalue weighted by Gasteiger charge is 2.32. The number of thioether (sulfide) groups is 1. The van der Waals surface area contributed by atoms with Gasteiger partial charge in [-0.15, -0.1) is 0 Å². The van der Waals surface area contributed by atoms with Crippen LogP contribution in [0.5, 0.6) is 0 Å². The number of rotatable bonds is 4. The molecule has 0 aromatic heterocycles. The third-order valence-corrected chi connectivity index (χ3v) is 4.29. The fourth-order valence-electron chi connectivity index (χ4n) is 1.86. The maximum absolute atomic E-state index is 8.65. The lowest BCUT2D eigenvalue weighted by atomic mass is 10.1. The van der Waals surface area contributed by atoms with Gasteiger partial charge in [-0.05, 0) is 26.0 Å². The fourth-order valence-corrected chi connectivity index (χ4v) is 2.78. The first kappa shape index (κ1) is 10.9. The standard InChI is InChI=1S/C10H18N2S/c1-9(7-11)12-8-10(13-2)5-3-4-6-10/h9,12H,3-6,8H2,1-2H3. The molecule has 2 nitrogen and oxygen atoms in total. The van der Waals surface area contributed by atoms with E-state index in [4.69, 9.17) is 5.26 Å². The van der Waals surface area contributed by atoms with Gasteiger partial charge in [0.1, 0.15) is 0 Å². The Morgan fingerprint density at radius 2 is 2.15 bits per heavy atom. The van der Waals surface area contributed by atoms with Gasteiger partial charge in [0.25, 0.3) is 0 Å². The highest BCUT2D eigenvalue weighted by atomic mass is 32.2. The Bertz CT molecular complexity index is 192. The van der Waals surface area contributed by atoms with Gasteiger partial charge in [-0.25, -0.2) is 0 Å². The predicted molar refractivity (Wildman–Crippen MR) is 57.8 cm³/mol. The van der Waals surface area contributed by atoms with E-state index in [9.17, 15) is 0 Å². The van der Waals surface area contributed by atoms with E-state index in [1.54, 1.807) is 0 Å². The lowest BCUT2D eigenvalue weighted by Crippen LogP contribution is -2.38. The third kappa shape index (κ3) is 2.89. The molecule has 1 fully saturated rings. The van der Waals surface area contributed by atoms with Crippen LogP contribution in [0, 0.1) is 11.3 Å². The van der Waals surface area contributed by atoms with Crippen molar-refractivity contribution >= 4 is 11.8 Å². The maximum Gasteiger partial charge on any atom is 0.0924 e. The summed E-state index contributed by atoms with van der Waals surface area (Å²) < 4.78 is 0.422.